The summed E-state index contributed by atoms with van der Waals surface area (Å²) in [5.41, 5.74) is 6.78. The molecule has 3 aromatic carbocycles. The second-order valence-corrected chi connectivity index (χ2v) is 10.2. The first-order valence-electron chi connectivity index (χ1n) is 13.8. The molecule has 206 valence electrons. The first kappa shape index (κ1) is 26.4. The van der Waals surface area contributed by atoms with E-state index in [1.165, 1.54) is 5.56 Å². The van der Waals surface area contributed by atoms with Crippen molar-refractivity contribution in [1.82, 2.24) is 19.9 Å². The van der Waals surface area contributed by atoms with Crippen molar-refractivity contribution in [3.8, 4) is 16.9 Å². The van der Waals surface area contributed by atoms with Crippen LogP contribution in [0, 0.1) is 0 Å². The van der Waals surface area contributed by atoms with Crippen LogP contribution in [0.3, 0.4) is 0 Å². The number of amides is 1. The molecule has 5 aromatic rings. The average Bonchev–Trinajstić information content (AvgIpc) is 3.02. The summed E-state index contributed by atoms with van der Waals surface area (Å²) in [5, 5.41) is 2.98. The standard InChI is InChI=1S/C33H32N6O2/c1-41-29-11-4-24(5-12-29)19-33(40)36-28-9-6-26(7-10-28)27-8-13-30-31(20-27)37-32(22-35-30)39-17-15-38(16-18-39)23-25-3-2-14-34-21-25/h2-14,20-22H,15-19,23H2,1H3,(H,36,40). The van der Waals surface area contributed by atoms with Crippen LogP contribution in [-0.4, -0.2) is 59.0 Å². The van der Waals surface area contributed by atoms with Crippen LogP contribution >= 0.6 is 0 Å². The van der Waals surface area contributed by atoms with Crippen LogP contribution in [0.4, 0.5) is 11.5 Å². The molecule has 2 aromatic heterocycles. The van der Waals surface area contributed by atoms with Crippen molar-refractivity contribution in [2.75, 3.05) is 43.5 Å². The van der Waals surface area contributed by atoms with Gasteiger partial charge in [-0.15, -0.1) is 0 Å². The highest BCUT2D eigenvalue weighted by Crippen LogP contribution is 2.26. The third kappa shape index (κ3) is 6.50. The molecule has 0 unspecified atom stereocenters. The number of aromatic nitrogens is 3. The second-order valence-electron chi connectivity index (χ2n) is 10.2. The van der Waals surface area contributed by atoms with Gasteiger partial charge in [0.05, 0.1) is 30.8 Å². The lowest BCUT2D eigenvalue weighted by molar-refractivity contribution is -0.115. The van der Waals surface area contributed by atoms with Gasteiger partial charge in [-0.1, -0.05) is 36.4 Å². The quantitative estimate of drug-likeness (QED) is 0.287. The third-order valence-electron chi connectivity index (χ3n) is 7.38. The van der Waals surface area contributed by atoms with Gasteiger partial charge in [0.1, 0.15) is 11.6 Å². The maximum absolute atomic E-state index is 12.5. The molecule has 1 amide bonds. The summed E-state index contributed by atoms with van der Waals surface area (Å²) in [5.74, 6) is 1.62. The summed E-state index contributed by atoms with van der Waals surface area (Å²) in [6, 6.07) is 25.7. The van der Waals surface area contributed by atoms with E-state index in [0.717, 1.165) is 77.7 Å². The summed E-state index contributed by atoms with van der Waals surface area (Å²) in [6.07, 6.45) is 5.93. The molecule has 6 rings (SSSR count). The highest BCUT2D eigenvalue weighted by molar-refractivity contribution is 5.92. The fraction of sp³-hybridized carbons (Fsp3) is 0.212. The Hall–Kier alpha value is -4.82. The number of carbonyl (C=O) groups is 1. The number of ether oxygens (including phenoxy) is 1. The summed E-state index contributed by atoms with van der Waals surface area (Å²) >= 11 is 0. The van der Waals surface area contributed by atoms with E-state index in [4.69, 9.17) is 9.72 Å². The van der Waals surface area contributed by atoms with Gasteiger partial charge in [-0.05, 0) is 64.7 Å². The number of hydrogen-bond donors (Lipinski definition) is 1. The van der Waals surface area contributed by atoms with Crippen molar-refractivity contribution < 1.29 is 9.53 Å². The zero-order valence-corrected chi connectivity index (χ0v) is 23.0. The topological polar surface area (TPSA) is 83.5 Å². The number of carbonyl (C=O) groups excluding carboxylic acids is 1. The number of methoxy groups -OCH3 is 1. The van der Waals surface area contributed by atoms with Crippen LogP contribution in [0.2, 0.25) is 0 Å². The van der Waals surface area contributed by atoms with Gasteiger partial charge in [-0.25, -0.2) is 4.98 Å². The predicted molar refractivity (Wildman–Crippen MR) is 162 cm³/mol. The van der Waals surface area contributed by atoms with Gasteiger partial charge in [0.15, 0.2) is 0 Å². The van der Waals surface area contributed by atoms with Crippen LogP contribution in [0.5, 0.6) is 5.75 Å². The number of benzene rings is 3. The number of piperazine rings is 1. The van der Waals surface area contributed by atoms with E-state index in [1.807, 2.05) is 79.3 Å². The van der Waals surface area contributed by atoms with E-state index in [-0.39, 0.29) is 5.91 Å². The maximum Gasteiger partial charge on any atom is 0.228 e. The Balaban J connectivity index is 1.09. The molecule has 0 saturated carbocycles. The van der Waals surface area contributed by atoms with Crippen LogP contribution in [0.15, 0.2) is 97.5 Å². The minimum atomic E-state index is -0.0608. The van der Waals surface area contributed by atoms with Crippen molar-refractivity contribution in [1.29, 1.82) is 0 Å². The van der Waals surface area contributed by atoms with Crippen molar-refractivity contribution in [2.45, 2.75) is 13.0 Å². The molecule has 0 atom stereocenters. The first-order chi connectivity index (χ1) is 20.1. The molecule has 0 aliphatic carbocycles. The molecule has 3 heterocycles. The van der Waals surface area contributed by atoms with Gasteiger partial charge in [0.2, 0.25) is 5.91 Å². The zero-order valence-electron chi connectivity index (χ0n) is 23.0. The van der Waals surface area contributed by atoms with Crippen LogP contribution in [0.1, 0.15) is 11.1 Å². The first-order valence-corrected chi connectivity index (χ1v) is 13.8. The highest BCUT2D eigenvalue weighted by Gasteiger charge is 2.19. The van der Waals surface area contributed by atoms with Gasteiger partial charge < -0.3 is 15.0 Å². The molecule has 1 fully saturated rings. The molecule has 1 aliphatic rings. The fourth-order valence-electron chi connectivity index (χ4n) is 5.10. The van der Waals surface area contributed by atoms with Gasteiger partial charge in [-0.3, -0.25) is 19.7 Å². The second kappa shape index (κ2) is 12.1. The molecular weight excluding hydrogens is 512 g/mol. The van der Waals surface area contributed by atoms with E-state index < -0.39 is 0 Å². The molecule has 1 N–H and O–H groups in total. The number of nitrogens with zero attached hydrogens (tertiary/aromatic N) is 5. The molecular formula is C33H32N6O2. The number of hydrogen-bond acceptors (Lipinski definition) is 7. The minimum absolute atomic E-state index is 0.0608. The van der Waals surface area contributed by atoms with Crippen molar-refractivity contribution in [3.05, 3.63) is 109 Å². The molecule has 1 saturated heterocycles. The summed E-state index contributed by atoms with van der Waals surface area (Å²) in [4.78, 5) is 31.2. The molecule has 0 bridgehead atoms. The minimum Gasteiger partial charge on any atom is -0.497 e. The summed E-state index contributed by atoms with van der Waals surface area (Å²) < 4.78 is 5.18. The largest absolute Gasteiger partial charge is 0.497 e. The Kier molecular flexibility index (Phi) is 7.82. The summed E-state index contributed by atoms with van der Waals surface area (Å²) in [7, 11) is 1.63. The molecule has 0 radical (unpaired) electrons. The lowest BCUT2D eigenvalue weighted by Gasteiger charge is -2.35. The lowest BCUT2D eigenvalue weighted by Crippen LogP contribution is -2.46. The smallest absolute Gasteiger partial charge is 0.228 e. The maximum atomic E-state index is 12.5. The predicted octanol–water partition coefficient (Wildman–Crippen LogP) is 5.20. The average molecular weight is 545 g/mol. The molecule has 0 spiro atoms. The number of rotatable bonds is 8. The van der Waals surface area contributed by atoms with Crippen molar-refractivity contribution >= 4 is 28.4 Å². The van der Waals surface area contributed by atoms with E-state index in [9.17, 15) is 4.79 Å². The molecule has 8 heteroatoms. The third-order valence-corrected chi connectivity index (χ3v) is 7.38. The van der Waals surface area contributed by atoms with E-state index >= 15 is 0 Å². The van der Waals surface area contributed by atoms with Crippen LogP contribution in [0.25, 0.3) is 22.2 Å². The Morgan fingerprint density at radius 2 is 1.63 bits per heavy atom. The molecule has 1 aliphatic heterocycles. The Labute approximate surface area is 239 Å². The van der Waals surface area contributed by atoms with Crippen LogP contribution < -0.4 is 15.0 Å². The van der Waals surface area contributed by atoms with Crippen LogP contribution in [-0.2, 0) is 17.8 Å². The fourth-order valence-corrected chi connectivity index (χ4v) is 5.10. The van der Waals surface area contributed by atoms with E-state index in [1.54, 1.807) is 7.11 Å². The highest BCUT2D eigenvalue weighted by atomic mass is 16.5. The summed E-state index contributed by atoms with van der Waals surface area (Å²) in [6.45, 7) is 4.67. The van der Waals surface area contributed by atoms with Gasteiger partial charge >= 0.3 is 0 Å². The lowest BCUT2D eigenvalue weighted by atomic mass is 10.0. The Morgan fingerprint density at radius 1 is 0.854 bits per heavy atom. The number of nitrogens with one attached hydrogen (secondary N) is 1. The van der Waals surface area contributed by atoms with Crippen molar-refractivity contribution in [3.63, 3.8) is 0 Å². The SMILES string of the molecule is COc1ccc(CC(=O)Nc2ccc(-c3ccc4ncc(N5CCN(Cc6cccnc6)CC5)nc4c3)cc2)cc1. The monoisotopic (exact) mass is 544 g/mol. The number of fused-ring (bicyclic) bond motifs is 1. The molecule has 41 heavy (non-hydrogen) atoms. The number of pyridine rings is 1. The van der Waals surface area contributed by atoms with Gasteiger partial charge in [0.25, 0.3) is 0 Å². The number of anilines is 2. The van der Waals surface area contributed by atoms with E-state index in [0.29, 0.717) is 6.42 Å². The zero-order chi connectivity index (χ0) is 28.0. The van der Waals surface area contributed by atoms with E-state index in [2.05, 4.69) is 43.3 Å². The molecule has 8 nitrogen and oxygen atoms in total. The Morgan fingerprint density at radius 3 is 2.37 bits per heavy atom. The van der Waals surface area contributed by atoms with Gasteiger partial charge in [-0.2, -0.15) is 0 Å². The van der Waals surface area contributed by atoms with Crippen molar-refractivity contribution in [2.24, 2.45) is 0 Å². The van der Waals surface area contributed by atoms with Gasteiger partial charge in [0, 0.05) is 50.8 Å². The normalized spacial score (nSPS) is 13.7. The Bertz CT molecular complexity index is 1620.